The van der Waals surface area contributed by atoms with E-state index in [-0.39, 0.29) is 11.8 Å². The van der Waals surface area contributed by atoms with Crippen molar-refractivity contribution in [2.24, 2.45) is 0 Å². The number of phenols is 1. The Morgan fingerprint density at radius 1 is 1.21 bits per heavy atom. The van der Waals surface area contributed by atoms with Crippen LogP contribution in [0.3, 0.4) is 0 Å². The molecular formula is C19H22N2O3. The molecule has 0 aromatic heterocycles. The summed E-state index contributed by atoms with van der Waals surface area (Å²) >= 11 is 0. The molecule has 0 radical (unpaired) electrons. The Morgan fingerprint density at radius 2 is 2.04 bits per heavy atom. The molecule has 2 amide bonds. The number of nitrogens with zero attached hydrogens (tertiary/aromatic N) is 1. The van der Waals surface area contributed by atoms with Gasteiger partial charge in [-0.1, -0.05) is 0 Å². The number of nitrogens with one attached hydrogen (secondary N) is 1. The second-order valence-corrected chi connectivity index (χ2v) is 6.03. The predicted octanol–water partition coefficient (Wildman–Crippen LogP) is 4.08. The first-order valence-electron chi connectivity index (χ1n) is 8.13. The molecule has 2 aromatic rings. The zero-order valence-corrected chi connectivity index (χ0v) is 14.0. The highest BCUT2D eigenvalue weighted by molar-refractivity contribution is 6.02. The van der Waals surface area contributed by atoms with Gasteiger partial charge in [0.1, 0.15) is 11.5 Å². The number of aromatic hydroxyl groups is 1. The van der Waals surface area contributed by atoms with Crippen LogP contribution in [-0.2, 0) is 6.42 Å². The van der Waals surface area contributed by atoms with Crippen molar-refractivity contribution in [2.45, 2.75) is 26.2 Å². The molecule has 5 heteroatoms. The minimum Gasteiger partial charge on any atom is -0.508 e. The number of amides is 2. The SMILES string of the molecule is COc1ccc2c(c1)CCCCN2C(=O)Nc1ccc(O)c(C)c1. The molecule has 0 saturated carbocycles. The number of phenolic OH excluding ortho intramolecular Hbond substituents is 1. The van der Waals surface area contributed by atoms with Crippen molar-refractivity contribution in [3.63, 3.8) is 0 Å². The fraction of sp³-hybridized carbons (Fsp3) is 0.316. The lowest BCUT2D eigenvalue weighted by molar-refractivity contribution is 0.257. The number of fused-ring (bicyclic) bond motifs is 1. The van der Waals surface area contributed by atoms with E-state index in [1.165, 1.54) is 0 Å². The van der Waals surface area contributed by atoms with Gasteiger partial charge >= 0.3 is 6.03 Å². The van der Waals surface area contributed by atoms with E-state index in [0.717, 1.165) is 41.8 Å². The molecule has 2 aromatic carbocycles. The molecule has 1 aliphatic heterocycles. The highest BCUT2D eigenvalue weighted by Gasteiger charge is 2.21. The Balaban J connectivity index is 1.85. The van der Waals surface area contributed by atoms with E-state index in [1.54, 1.807) is 37.1 Å². The van der Waals surface area contributed by atoms with Crippen LogP contribution >= 0.6 is 0 Å². The van der Waals surface area contributed by atoms with E-state index in [0.29, 0.717) is 12.2 Å². The van der Waals surface area contributed by atoms with E-state index in [1.807, 2.05) is 18.2 Å². The molecule has 1 heterocycles. The van der Waals surface area contributed by atoms with Crippen molar-refractivity contribution in [3.05, 3.63) is 47.5 Å². The number of aryl methyl sites for hydroxylation is 2. The van der Waals surface area contributed by atoms with Crippen LogP contribution in [0.5, 0.6) is 11.5 Å². The van der Waals surface area contributed by atoms with Crippen molar-refractivity contribution >= 4 is 17.4 Å². The Morgan fingerprint density at radius 3 is 2.79 bits per heavy atom. The molecule has 0 saturated heterocycles. The number of carbonyl (C=O) groups is 1. The molecule has 0 aliphatic carbocycles. The Labute approximate surface area is 141 Å². The largest absolute Gasteiger partial charge is 0.508 e. The van der Waals surface area contributed by atoms with Gasteiger partial charge in [-0.05, 0) is 73.7 Å². The molecule has 126 valence electrons. The number of hydrogen-bond acceptors (Lipinski definition) is 3. The van der Waals surface area contributed by atoms with Gasteiger partial charge < -0.3 is 15.2 Å². The molecule has 2 N–H and O–H groups in total. The lowest BCUT2D eigenvalue weighted by Crippen LogP contribution is -2.35. The normalized spacial score (nSPS) is 13.8. The molecule has 0 spiro atoms. The molecular weight excluding hydrogens is 304 g/mol. The molecule has 0 unspecified atom stereocenters. The molecule has 1 aliphatic rings. The number of carbonyl (C=O) groups excluding carboxylic acids is 1. The first-order chi connectivity index (χ1) is 11.6. The minimum absolute atomic E-state index is 0.159. The third kappa shape index (κ3) is 3.30. The lowest BCUT2D eigenvalue weighted by Gasteiger charge is -2.23. The zero-order valence-electron chi connectivity index (χ0n) is 14.0. The summed E-state index contributed by atoms with van der Waals surface area (Å²) in [5.41, 5.74) is 3.47. The second kappa shape index (κ2) is 6.83. The summed E-state index contributed by atoms with van der Waals surface area (Å²) in [5.74, 6) is 1.03. The Bertz CT molecular complexity index is 758. The smallest absolute Gasteiger partial charge is 0.326 e. The van der Waals surface area contributed by atoms with Gasteiger partial charge in [-0.2, -0.15) is 0 Å². The van der Waals surface area contributed by atoms with Crippen molar-refractivity contribution in [1.82, 2.24) is 0 Å². The van der Waals surface area contributed by atoms with E-state index < -0.39 is 0 Å². The van der Waals surface area contributed by atoms with Gasteiger partial charge in [0, 0.05) is 17.9 Å². The number of ether oxygens (including phenoxy) is 1. The Kier molecular flexibility index (Phi) is 4.60. The van der Waals surface area contributed by atoms with E-state index in [9.17, 15) is 9.90 Å². The molecule has 0 bridgehead atoms. The van der Waals surface area contributed by atoms with Gasteiger partial charge in [0.2, 0.25) is 0 Å². The van der Waals surface area contributed by atoms with Crippen LogP contribution in [0.1, 0.15) is 24.0 Å². The average Bonchev–Trinajstić information content (AvgIpc) is 2.79. The number of anilines is 2. The van der Waals surface area contributed by atoms with Gasteiger partial charge in [-0.15, -0.1) is 0 Å². The van der Waals surface area contributed by atoms with E-state index in [2.05, 4.69) is 5.32 Å². The quantitative estimate of drug-likeness (QED) is 0.817. The van der Waals surface area contributed by atoms with Crippen molar-refractivity contribution < 1.29 is 14.6 Å². The van der Waals surface area contributed by atoms with Gasteiger partial charge in [0.05, 0.1) is 7.11 Å². The maximum absolute atomic E-state index is 12.8. The van der Waals surface area contributed by atoms with Crippen LogP contribution in [0.15, 0.2) is 36.4 Å². The van der Waals surface area contributed by atoms with Gasteiger partial charge in [0.25, 0.3) is 0 Å². The Hall–Kier alpha value is -2.69. The van der Waals surface area contributed by atoms with Crippen LogP contribution in [0.25, 0.3) is 0 Å². The summed E-state index contributed by atoms with van der Waals surface area (Å²) in [7, 11) is 1.65. The monoisotopic (exact) mass is 326 g/mol. The minimum atomic E-state index is -0.159. The first kappa shape index (κ1) is 16.2. The standard InChI is InChI=1S/C19H22N2O3/c1-13-11-15(6-9-18(13)22)20-19(23)21-10-4-3-5-14-12-16(24-2)7-8-17(14)21/h6-9,11-12,22H,3-5,10H2,1-2H3,(H,20,23). The van der Waals surface area contributed by atoms with Crippen LogP contribution < -0.4 is 15.0 Å². The van der Waals surface area contributed by atoms with Crippen molar-refractivity contribution in [3.8, 4) is 11.5 Å². The number of rotatable bonds is 2. The fourth-order valence-electron chi connectivity index (χ4n) is 2.99. The summed E-state index contributed by atoms with van der Waals surface area (Å²) in [4.78, 5) is 14.5. The molecule has 24 heavy (non-hydrogen) atoms. The average molecular weight is 326 g/mol. The lowest BCUT2D eigenvalue weighted by atomic mass is 10.1. The molecule has 3 rings (SSSR count). The van der Waals surface area contributed by atoms with Crippen LogP contribution in [-0.4, -0.2) is 24.8 Å². The molecule has 0 fully saturated rings. The van der Waals surface area contributed by atoms with Crippen LogP contribution in [0.4, 0.5) is 16.2 Å². The number of methoxy groups -OCH3 is 1. The summed E-state index contributed by atoms with van der Waals surface area (Å²) in [6, 6.07) is 10.7. The second-order valence-electron chi connectivity index (χ2n) is 6.03. The summed E-state index contributed by atoms with van der Waals surface area (Å²) < 4.78 is 5.29. The van der Waals surface area contributed by atoms with Crippen molar-refractivity contribution in [1.29, 1.82) is 0 Å². The zero-order chi connectivity index (χ0) is 17.1. The van der Waals surface area contributed by atoms with Gasteiger partial charge in [-0.25, -0.2) is 4.79 Å². The van der Waals surface area contributed by atoms with Crippen LogP contribution in [0.2, 0.25) is 0 Å². The maximum Gasteiger partial charge on any atom is 0.326 e. The van der Waals surface area contributed by atoms with Gasteiger partial charge in [0.15, 0.2) is 0 Å². The topological polar surface area (TPSA) is 61.8 Å². The van der Waals surface area contributed by atoms with E-state index in [4.69, 9.17) is 4.74 Å². The third-order valence-electron chi connectivity index (χ3n) is 4.35. The first-order valence-corrected chi connectivity index (χ1v) is 8.13. The summed E-state index contributed by atoms with van der Waals surface area (Å²) in [6.45, 7) is 2.49. The summed E-state index contributed by atoms with van der Waals surface area (Å²) in [5, 5.41) is 12.5. The molecule has 5 nitrogen and oxygen atoms in total. The van der Waals surface area contributed by atoms with Gasteiger partial charge in [-0.3, -0.25) is 4.90 Å². The highest BCUT2D eigenvalue weighted by Crippen LogP contribution is 2.30. The number of urea groups is 1. The third-order valence-corrected chi connectivity index (χ3v) is 4.35. The predicted molar refractivity (Wildman–Crippen MR) is 95.1 cm³/mol. The summed E-state index contributed by atoms with van der Waals surface area (Å²) in [6.07, 6.45) is 2.94. The highest BCUT2D eigenvalue weighted by atomic mass is 16.5. The molecule has 0 atom stereocenters. The maximum atomic E-state index is 12.8. The van der Waals surface area contributed by atoms with Crippen LogP contribution in [0, 0.1) is 6.92 Å². The van der Waals surface area contributed by atoms with Crippen molar-refractivity contribution in [2.75, 3.05) is 23.9 Å². The number of benzene rings is 2. The number of hydrogen-bond donors (Lipinski definition) is 2. The van der Waals surface area contributed by atoms with E-state index >= 15 is 0 Å². The fourth-order valence-corrected chi connectivity index (χ4v) is 2.99.